The number of ether oxygens (including phenoxy) is 1. The van der Waals surface area contributed by atoms with Gasteiger partial charge in [-0.2, -0.15) is 0 Å². The number of rotatable bonds is 4. The Kier molecular flexibility index (Phi) is 4.36. The van der Waals surface area contributed by atoms with E-state index in [1.54, 1.807) is 32.0 Å². The van der Waals surface area contributed by atoms with Crippen molar-refractivity contribution in [3.8, 4) is 0 Å². The van der Waals surface area contributed by atoms with E-state index >= 15 is 0 Å². The summed E-state index contributed by atoms with van der Waals surface area (Å²) in [6, 6.07) is 6.41. The first-order valence-corrected chi connectivity index (χ1v) is 6.50. The van der Waals surface area contributed by atoms with Gasteiger partial charge in [-0.05, 0) is 31.0 Å². The van der Waals surface area contributed by atoms with E-state index in [9.17, 15) is 14.9 Å². The second kappa shape index (κ2) is 6.21. The molecule has 0 aliphatic heterocycles. The summed E-state index contributed by atoms with van der Waals surface area (Å²) >= 11 is 0. The highest BCUT2D eigenvalue weighted by atomic mass is 16.6. The molecule has 1 aromatic heterocycles. The number of anilines is 2. The Balaban J connectivity index is 2.40. The fraction of sp³-hybridized carbons (Fsp3) is 0.200. The zero-order valence-electron chi connectivity index (χ0n) is 12.4. The van der Waals surface area contributed by atoms with E-state index in [4.69, 9.17) is 0 Å². The number of nitrogens with one attached hydrogen (secondary N) is 1. The molecule has 7 nitrogen and oxygen atoms in total. The third-order valence-corrected chi connectivity index (χ3v) is 3.21. The van der Waals surface area contributed by atoms with Crippen LogP contribution in [0.1, 0.15) is 21.6 Å². The largest absolute Gasteiger partial charge is 0.464 e. The van der Waals surface area contributed by atoms with Crippen LogP contribution in [0, 0.1) is 24.0 Å². The molecule has 0 saturated heterocycles. The molecule has 0 radical (unpaired) electrons. The lowest BCUT2D eigenvalue weighted by molar-refractivity contribution is -0.384. The number of para-hydroxylation sites is 1. The number of hydrogen-bond donors (Lipinski definition) is 1. The highest BCUT2D eigenvalue weighted by Crippen LogP contribution is 2.31. The molecule has 22 heavy (non-hydrogen) atoms. The van der Waals surface area contributed by atoms with Crippen LogP contribution >= 0.6 is 0 Å². The third-order valence-electron chi connectivity index (χ3n) is 3.21. The fourth-order valence-electron chi connectivity index (χ4n) is 2.00. The third kappa shape index (κ3) is 3.03. The van der Waals surface area contributed by atoms with Crippen LogP contribution in [0.5, 0.6) is 0 Å². The maximum atomic E-state index is 11.4. The lowest BCUT2D eigenvalue weighted by atomic mass is 10.1. The molecule has 2 rings (SSSR count). The van der Waals surface area contributed by atoms with Gasteiger partial charge < -0.3 is 10.1 Å². The van der Waals surface area contributed by atoms with Crippen LogP contribution in [-0.4, -0.2) is 23.0 Å². The van der Waals surface area contributed by atoms with Gasteiger partial charge in [0, 0.05) is 6.07 Å². The summed E-state index contributed by atoms with van der Waals surface area (Å²) in [6.45, 7) is 3.56. The first kappa shape index (κ1) is 15.4. The number of nitro groups is 1. The Morgan fingerprint density at radius 3 is 2.64 bits per heavy atom. The van der Waals surface area contributed by atoms with Gasteiger partial charge in [0.1, 0.15) is 11.4 Å². The summed E-state index contributed by atoms with van der Waals surface area (Å²) in [5.74, 6) is -0.531. The molecule has 7 heteroatoms. The summed E-state index contributed by atoms with van der Waals surface area (Å²) < 4.78 is 4.61. The van der Waals surface area contributed by atoms with Crippen LogP contribution < -0.4 is 5.32 Å². The van der Waals surface area contributed by atoms with E-state index in [2.05, 4.69) is 15.0 Å². The topological polar surface area (TPSA) is 94.4 Å². The Morgan fingerprint density at radius 2 is 2.05 bits per heavy atom. The van der Waals surface area contributed by atoms with Gasteiger partial charge in [-0.15, -0.1) is 0 Å². The number of esters is 1. The molecule has 0 aliphatic rings. The van der Waals surface area contributed by atoms with Gasteiger partial charge in [-0.25, -0.2) is 9.78 Å². The molecular weight excluding hydrogens is 286 g/mol. The number of aromatic nitrogens is 1. The number of nitrogens with zero attached hydrogens (tertiary/aromatic N) is 2. The average Bonchev–Trinajstić information content (AvgIpc) is 2.49. The van der Waals surface area contributed by atoms with Crippen molar-refractivity contribution in [2.24, 2.45) is 0 Å². The standard InChI is InChI=1S/C15H15N3O4/c1-9-5-4-6-13(18(20)21)14(9)17-12-8-16-11(7-10(12)2)15(19)22-3/h4-8,17H,1-3H3. The van der Waals surface area contributed by atoms with Crippen molar-refractivity contribution in [1.29, 1.82) is 0 Å². The van der Waals surface area contributed by atoms with Gasteiger partial charge in [-0.3, -0.25) is 10.1 Å². The lowest BCUT2D eigenvalue weighted by Crippen LogP contribution is -2.06. The molecule has 0 fully saturated rings. The van der Waals surface area contributed by atoms with Crippen molar-refractivity contribution in [3.63, 3.8) is 0 Å². The number of nitro benzene ring substituents is 1. The molecular formula is C15H15N3O4. The number of methoxy groups -OCH3 is 1. The van der Waals surface area contributed by atoms with Crippen molar-refractivity contribution in [1.82, 2.24) is 4.98 Å². The molecule has 0 unspecified atom stereocenters. The quantitative estimate of drug-likeness (QED) is 0.529. The van der Waals surface area contributed by atoms with Gasteiger partial charge in [-0.1, -0.05) is 12.1 Å². The van der Waals surface area contributed by atoms with Crippen molar-refractivity contribution < 1.29 is 14.5 Å². The molecule has 2 aromatic rings. The minimum absolute atomic E-state index is 0.0172. The average molecular weight is 301 g/mol. The van der Waals surface area contributed by atoms with Crippen LogP contribution in [0.2, 0.25) is 0 Å². The zero-order valence-corrected chi connectivity index (χ0v) is 12.4. The van der Waals surface area contributed by atoms with Crippen molar-refractivity contribution in [3.05, 3.63) is 57.4 Å². The Morgan fingerprint density at radius 1 is 1.32 bits per heavy atom. The number of aryl methyl sites for hydroxylation is 2. The highest BCUT2D eigenvalue weighted by molar-refractivity contribution is 5.88. The van der Waals surface area contributed by atoms with E-state index in [0.717, 1.165) is 11.1 Å². The highest BCUT2D eigenvalue weighted by Gasteiger charge is 2.17. The minimum Gasteiger partial charge on any atom is -0.464 e. The molecule has 0 bridgehead atoms. The number of carbonyl (C=O) groups excluding carboxylic acids is 1. The number of hydrogen-bond acceptors (Lipinski definition) is 6. The predicted octanol–water partition coefficient (Wildman–Crippen LogP) is 3.14. The van der Waals surface area contributed by atoms with Crippen LogP contribution in [0.25, 0.3) is 0 Å². The van der Waals surface area contributed by atoms with Crippen LogP contribution in [0.15, 0.2) is 30.5 Å². The Labute approximate surface area is 127 Å². The molecule has 114 valence electrons. The van der Waals surface area contributed by atoms with E-state index in [-0.39, 0.29) is 11.4 Å². The molecule has 1 heterocycles. The molecule has 1 N–H and O–H groups in total. The van der Waals surface area contributed by atoms with Crippen LogP contribution in [-0.2, 0) is 4.74 Å². The maximum Gasteiger partial charge on any atom is 0.356 e. The summed E-state index contributed by atoms with van der Waals surface area (Å²) in [5.41, 5.74) is 2.63. The smallest absolute Gasteiger partial charge is 0.356 e. The molecule has 0 atom stereocenters. The van der Waals surface area contributed by atoms with Gasteiger partial charge in [0.25, 0.3) is 5.69 Å². The summed E-state index contributed by atoms with van der Waals surface area (Å²) in [4.78, 5) is 26.1. The Bertz CT molecular complexity index is 744. The Hall–Kier alpha value is -2.96. The van der Waals surface area contributed by atoms with Gasteiger partial charge in [0.2, 0.25) is 0 Å². The molecule has 0 amide bonds. The summed E-state index contributed by atoms with van der Waals surface area (Å²) in [5, 5.41) is 14.1. The maximum absolute atomic E-state index is 11.4. The monoisotopic (exact) mass is 301 g/mol. The van der Waals surface area contributed by atoms with Crippen LogP contribution in [0.4, 0.5) is 17.1 Å². The number of carbonyl (C=O) groups is 1. The molecule has 0 aliphatic carbocycles. The minimum atomic E-state index is -0.531. The van der Waals surface area contributed by atoms with E-state index < -0.39 is 10.9 Å². The van der Waals surface area contributed by atoms with Crippen LogP contribution in [0.3, 0.4) is 0 Å². The molecule has 0 spiro atoms. The van der Waals surface area contributed by atoms with Gasteiger partial charge in [0.15, 0.2) is 0 Å². The predicted molar refractivity (Wildman–Crippen MR) is 81.4 cm³/mol. The normalized spacial score (nSPS) is 10.1. The molecule has 0 saturated carbocycles. The lowest BCUT2D eigenvalue weighted by Gasteiger charge is -2.12. The zero-order chi connectivity index (χ0) is 16.3. The number of benzene rings is 1. The second-order valence-corrected chi connectivity index (χ2v) is 4.73. The van der Waals surface area contributed by atoms with E-state index in [1.165, 1.54) is 19.4 Å². The first-order chi connectivity index (χ1) is 10.4. The van der Waals surface area contributed by atoms with Crippen molar-refractivity contribution >= 4 is 23.0 Å². The van der Waals surface area contributed by atoms with Crippen molar-refractivity contribution in [2.75, 3.05) is 12.4 Å². The summed E-state index contributed by atoms with van der Waals surface area (Å²) in [6.07, 6.45) is 1.46. The fourth-order valence-corrected chi connectivity index (χ4v) is 2.00. The van der Waals surface area contributed by atoms with E-state index in [1.807, 2.05) is 0 Å². The van der Waals surface area contributed by atoms with Crippen molar-refractivity contribution in [2.45, 2.75) is 13.8 Å². The van der Waals surface area contributed by atoms with E-state index in [0.29, 0.717) is 11.4 Å². The number of pyridine rings is 1. The molecule has 1 aromatic carbocycles. The SMILES string of the molecule is COC(=O)c1cc(C)c(Nc2c(C)cccc2[N+](=O)[O-])cn1. The second-order valence-electron chi connectivity index (χ2n) is 4.73. The first-order valence-electron chi connectivity index (χ1n) is 6.50. The summed E-state index contributed by atoms with van der Waals surface area (Å²) in [7, 11) is 1.28. The van der Waals surface area contributed by atoms with Gasteiger partial charge >= 0.3 is 5.97 Å². The van der Waals surface area contributed by atoms with Gasteiger partial charge in [0.05, 0.1) is 23.9 Å².